The monoisotopic (exact) mass is 921 g/mol. The van der Waals surface area contributed by atoms with Crippen molar-refractivity contribution in [3.05, 3.63) is 219 Å². The summed E-state index contributed by atoms with van der Waals surface area (Å²) in [5, 5.41) is 25.0. The van der Waals surface area contributed by atoms with Crippen LogP contribution in [0, 0.1) is 27.9 Å². The van der Waals surface area contributed by atoms with E-state index in [1.165, 1.54) is 42.5 Å². The van der Waals surface area contributed by atoms with Crippen molar-refractivity contribution < 1.29 is 38.7 Å². The van der Waals surface area contributed by atoms with Gasteiger partial charge in [-0.2, -0.15) is 0 Å². The van der Waals surface area contributed by atoms with Gasteiger partial charge in [0.2, 0.25) is 11.8 Å². The van der Waals surface area contributed by atoms with Gasteiger partial charge in [-0.3, -0.25) is 34.3 Å². The summed E-state index contributed by atoms with van der Waals surface area (Å²) in [6.07, 6.45) is -0.532. The highest BCUT2D eigenvalue weighted by atomic mass is 16.6. The maximum absolute atomic E-state index is 16.3. The van der Waals surface area contributed by atoms with E-state index in [1.54, 1.807) is 30.3 Å². The number of aromatic hydroxyl groups is 1. The predicted octanol–water partition coefficient (Wildman–Crippen LogP) is 8.09. The van der Waals surface area contributed by atoms with E-state index in [4.69, 9.17) is 9.47 Å². The van der Waals surface area contributed by atoms with Crippen LogP contribution in [0.15, 0.2) is 170 Å². The number of esters is 1. The summed E-state index contributed by atoms with van der Waals surface area (Å²) >= 11 is 0. The lowest BCUT2D eigenvalue weighted by atomic mass is 9.65. The van der Waals surface area contributed by atoms with Crippen LogP contribution in [-0.2, 0) is 42.4 Å². The number of fused-ring (bicyclic) bond motifs is 3. The molecular weight excluding hydrogens is 875 g/mol. The van der Waals surface area contributed by atoms with E-state index in [1.807, 2.05) is 103 Å². The van der Waals surface area contributed by atoms with Crippen molar-refractivity contribution >= 4 is 35.3 Å². The number of nitrogens with zero attached hydrogens (tertiary/aromatic N) is 4. The molecule has 3 aliphatic rings. The minimum absolute atomic E-state index is 0.0180. The molecule has 3 heterocycles. The fraction of sp³-hybridized carbons (Fsp3) is 0.200. The lowest BCUT2D eigenvalue weighted by Crippen LogP contribution is -2.55. The van der Waals surface area contributed by atoms with Gasteiger partial charge in [0, 0.05) is 30.8 Å². The molecule has 2 fully saturated rings. The first-order valence-electron chi connectivity index (χ1n) is 22.4. The molecule has 3 aliphatic heterocycles. The third kappa shape index (κ3) is 8.61. The number of nitro groups is 1. The Hall–Kier alpha value is -8.38. The summed E-state index contributed by atoms with van der Waals surface area (Å²) in [6, 6.07) is 41.8. The van der Waals surface area contributed by atoms with Crippen molar-refractivity contribution in [2.75, 3.05) is 25.0 Å². The molecule has 0 aromatic heterocycles. The van der Waals surface area contributed by atoms with Crippen LogP contribution >= 0.6 is 0 Å². The first kappa shape index (κ1) is 45.8. The number of non-ortho nitro benzene ring substituents is 1. The molecule has 2 N–H and O–H groups in total. The number of phenolic OH excluding ortho intramolecular Hbond substituents is 1. The van der Waals surface area contributed by atoms with Gasteiger partial charge in [0.15, 0.2) is 0 Å². The van der Waals surface area contributed by atoms with Crippen molar-refractivity contribution in [2.45, 2.75) is 42.8 Å². The maximum atomic E-state index is 16.3. The Morgan fingerprint density at radius 2 is 1.51 bits per heavy atom. The number of nitro benzene ring substituents is 1. The Morgan fingerprint density at radius 1 is 0.855 bits per heavy atom. The molecule has 0 bridgehead atoms. The van der Waals surface area contributed by atoms with Crippen LogP contribution in [0.25, 0.3) is 0 Å². The largest absolute Gasteiger partial charge is 0.508 e. The molecule has 69 heavy (non-hydrogen) atoms. The molecule has 0 saturated carbocycles. The standard InChI is InChI=1S/C55H47N5O9/c1-3-31-56-51(62)46-48-52(63)69-49(40-19-11-6-12-20-40)47(39-17-9-5-10-18-39)59(48)50(41-24-28-43(61)29-25-41)55(46)44-33-36(16-13-32-57(2)34-37-14-7-4-8-15-37)23-30-45(44)58(53(55)64)54(65)68-35-38-21-26-42(27-22-38)60(66)67/h3-12,14-15,17-30,33,46-50,61H,1,31-32,34-35H2,2H3,(H,56,62)/t46-,47-,48-,49+,50+,55-/m0/s1. The molecule has 9 rings (SSSR count). The molecule has 1 spiro atoms. The van der Waals surface area contributed by atoms with Gasteiger partial charge < -0.3 is 19.9 Å². The summed E-state index contributed by atoms with van der Waals surface area (Å²) in [5.41, 5.74) is 1.96. The molecule has 3 amide bonds. The quantitative estimate of drug-likeness (QED) is 0.0400. The molecule has 6 aromatic rings. The molecule has 14 heteroatoms. The van der Waals surface area contributed by atoms with Crippen LogP contribution in [0.5, 0.6) is 5.75 Å². The van der Waals surface area contributed by atoms with E-state index in [-0.39, 0.29) is 35.8 Å². The summed E-state index contributed by atoms with van der Waals surface area (Å²) in [5.74, 6) is 2.60. The van der Waals surface area contributed by atoms with Gasteiger partial charge in [-0.15, -0.1) is 6.58 Å². The fourth-order valence-corrected chi connectivity index (χ4v) is 10.1. The molecule has 346 valence electrons. The maximum Gasteiger partial charge on any atom is 0.421 e. The van der Waals surface area contributed by atoms with E-state index in [0.717, 1.165) is 16.0 Å². The Kier molecular flexibility index (Phi) is 12.9. The van der Waals surface area contributed by atoms with Crippen LogP contribution in [-0.4, -0.2) is 69.9 Å². The first-order valence-corrected chi connectivity index (χ1v) is 22.4. The predicted molar refractivity (Wildman–Crippen MR) is 256 cm³/mol. The zero-order chi connectivity index (χ0) is 48.2. The SMILES string of the molecule is C=CCNC(=O)[C@@H]1[C@H]2C(=O)O[C@H](c3ccccc3)[C@H](c3ccccc3)N2[C@H](c2ccc(O)cc2)[C@@]12C(=O)N(C(=O)OCc1ccc([N+](=O)[O-])cc1)c1ccc(C#CCN(C)Cc3ccccc3)cc12. The number of carbonyl (C=O) groups is 4. The number of hydrogen-bond acceptors (Lipinski definition) is 11. The summed E-state index contributed by atoms with van der Waals surface area (Å²) in [4.78, 5) is 77.2. The van der Waals surface area contributed by atoms with E-state index in [2.05, 4.69) is 28.6 Å². The smallest absolute Gasteiger partial charge is 0.421 e. The molecule has 0 aliphatic carbocycles. The zero-order valence-corrected chi connectivity index (χ0v) is 37.5. The number of hydrogen-bond donors (Lipinski definition) is 2. The molecule has 2 saturated heterocycles. The van der Waals surface area contributed by atoms with Gasteiger partial charge in [-0.05, 0) is 82.9 Å². The minimum atomic E-state index is -2.08. The number of cyclic esters (lactones) is 1. The first-order chi connectivity index (χ1) is 33.5. The Balaban J connectivity index is 1.26. The van der Waals surface area contributed by atoms with Crippen LogP contribution in [0.1, 0.15) is 57.1 Å². The average Bonchev–Trinajstić information content (AvgIpc) is 3.82. The summed E-state index contributed by atoms with van der Waals surface area (Å²) in [6.45, 7) is 4.45. The minimum Gasteiger partial charge on any atom is -0.508 e. The second kappa shape index (κ2) is 19.5. The van der Waals surface area contributed by atoms with Gasteiger partial charge in [0.05, 0.1) is 35.2 Å². The Bertz CT molecular complexity index is 2980. The topological polar surface area (TPSA) is 172 Å². The number of ether oxygens (including phenoxy) is 2. The number of morpholine rings is 1. The van der Waals surface area contributed by atoms with Gasteiger partial charge in [0.25, 0.3) is 5.69 Å². The molecule has 6 atom stereocenters. The third-order valence-electron chi connectivity index (χ3n) is 12.9. The number of amides is 3. The highest BCUT2D eigenvalue weighted by Gasteiger charge is 2.75. The van der Waals surface area contributed by atoms with Crippen LogP contribution in [0.3, 0.4) is 0 Å². The normalized spacial score (nSPS) is 21.4. The fourth-order valence-electron chi connectivity index (χ4n) is 10.1. The van der Waals surface area contributed by atoms with E-state index < -0.39 is 64.4 Å². The Labute approximate surface area is 398 Å². The molecule has 0 radical (unpaired) electrons. The van der Waals surface area contributed by atoms with Crippen LogP contribution < -0.4 is 10.2 Å². The van der Waals surface area contributed by atoms with Crippen molar-refractivity contribution in [3.8, 4) is 17.6 Å². The van der Waals surface area contributed by atoms with E-state index >= 15 is 14.4 Å². The van der Waals surface area contributed by atoms with Crippen LogP contribution in [0.2, 0.25) is 0 Å². The van der Waals surface area contributed by atoms with Gasteiger partial charge in [-0.25, -0.2) is 9.69 Å². The molecular formula is C55H47N5O9. The van der Waals surface area contributed by atoms with Gasteiger partial charge in [0.1, 0.15) is 29.9 Å². The Morgan fingerprint density at radius 3 is 2.16 bits per heavy atom. The average molecular weight is 922 g/mol. The molecule has 6 aromatic carbocycles. The number of imide groups is 1. The van der Waals surface area contributed by atoms with Crippen molar-refractivity contribution in [2.24, 2.45) is 5.92 Å². The lowest BCUT2D eigenvalue weighted by Gasteiger charge is -2.46. The third-order valence-corrected chi connectivity index (χ3v) is 12.9. The molecule has 14 nitrogen and oxygen atoms in total. The number of phenols is 1. The lowest BCUT2D eigenvalue weighted by molar-refractivity contribution is -0.384. The number of carbonyl (C=O) groups excluding carboxylic acids is 4. The van der Waals surface area contributed by atoms with Crippen molar-refractivity contribution in [1.29, 1.82) is 0 Å². The highest BCUT2D eigenvalue weighted by molar-refractivity contribution is 6.23. The van der Waals surface area contributed by atoms with Crippen LogP contribution in [0.4, 0.5) is 16.2 Å². The second-order valence-corrected chi connectivity index (χ2v) is 17.2. The number of benzene rings is 6. The van der Waals surface area contributed by atoms with Crippen molar-refractivity contribution in [1.82, 2.24) is 15.1 Å². The van der Waals surface area contributed by atoms with E-state index in [9.17, 15) is 20.0 Å². The van der Waals surface area contributed by atoms with Crippen molar-refractivity contribution in [3.63, 3.8) is 0 Å². The summed E-state index contributed by atoms with van der Waals surface area (Å²) < 4.78 is 12.3. The number of anilines is 1. The highest BCUT2D eigenvalue weighted by Crippen LogP contribution is 2.66. The number of nitrogens with one attached hydrogen (secondary N) is 1. The van der Waals surface area contributed by atoms with Gasteiger partial charge in [-0.1, -0.05) is 121 Å². The number of rotatable bonds is 12. The zero-order valence-electron chi connectivity index (χ0n) is 37.5. The summed E-state index contributed by atoms with van der Waals surface area (Å²) in [7, 11) is 1.95. The van der Waals surface area contributed by atoms with E-state index in [0.29, 0.717) is 35.3 Å². The second-order valence-electron chi connectivity index (χ2n) is 17.2. The molecule has 0 unspecified atom stereocenters. The van der Waals surface area contributed by atoms with Gasteiger partial charge >= 0.3 is 12.1 Å².